The molecule has 0 spiro atoms. The second-order valence-corrected chi connectivity index (χ2v) is 3.65. The molecule has 0 saturated carbocycles. The Morgan fingerprint density at radius 3 is 1.80 bits per heavy atom. The maximum atomic E-state index is 10.5. The largest absolute Gasteiger partial charge is 0.215 e. The molecule has 1 saturated heterocycles. The van der Waals surface area contributed by atoms with Crippen molar-refractivity contribution in [3.8, 4) is 0 Å². The molecule has 0 N–H and O–H groups in total. The van der Waals surface area contributed by atoms with E-state index in [1.165, 1.54) is 12.8 Å². The van der Waals surface area contributed by atoms with Gasteiger partial charge in [0.15, 0.2) is 0 Å². The van der Waals surface area contributed by atoms with Gasteiger partial charge in [0.05, 0.1) is 0 Å². The summed E-state index contributed by atoms with van der Waals surface area (Å²) in [5.74, 6) is 0. The number of thiol groups is 1. The molecule has 1 rings (SSSR count). The van der Waals surface area contributed by atoms with Gasteiger partial charge in [0.25, 0.3) is 0 Å². The highest BCUT2D eigenvalue weighted by molar-refractivity contribution is 7.69. The van der Waals surface area contributed by atoms with Gasteiger partial charge in [-0.2, -0.15) is 0 Å². The lowest BCUT2D eigenvalue weighted by molar-refractivity contribution is 0.439. The van der Waals surface area contributed by atoms with Crippen molar-refractivity contribution in [3.63, 3.8) is 0 Å². The molecular weight excluding hydrogens is 150 g/mol. The molecule has 0 aromatic heterocycles. The topological polar surface area (TPSA) is 37.4 Å². The van der Waals surface area contributed by atoms with Gasteiger partial charge in [-0.05, 0) is 12.8 Å². The van der Waals surface area contributed by atoms with E-state index in [2.05, 4.69) is 0 Å². The van der Waals surface area contributed by atoms with Crippen molar-refractivity contribution in [1.82, 2.24) is 4.31 Å². The molecule has 0 aromatic rings. The molecule has 3 nitrogen and oxygen atoms in total. The molecule has 0 aromatic carbocycles. The van der Waals surface area contributed by atoms with Crippen LogP contribution in [0.15, 0.2) is 0 Å². The first kappa shape index (κ1) is 8.01. The van der Waals surface area contributed by atoms with Crippen LogP contribution in [0.25, 0.3) is 0 Å². The fourth-order valence-electron chi connectivity index (χ4n) is 1.22. The van der Waals surface area contributed by atoms with Crippen molar-refractivity contribution in [2.24, 2.45) is 0 Å². The summed E-state index contributed by atoms with van der Waals surface area (Å²) in [6, 6.07) is 0. The van der Waals surface area contributed by atoms with E-state index in [0.29, 0.717) is 0 Å². The Labute approximate surface area is 63.1 Å². The lowest BCUT2D eigenvalue weighted by Crippen LogP contribution is -2.22. The molecule has 4 heteroatoms. The van der Waals surface area contributed by atoms with E-state index >= 15 is 0 Å². The van der Waals surface area contributed by atoms with Crippen LogP contribution < -0.4 is 0 Å². The van der Waals surface area contributed by atoms with Crippen molar-refractivity contribution in [3.05, 3.63) is 0 Å². The second kappa shape index (κ2) is 3.93. The minimum Gasteiger partial charge on any atom is -0.215 e. The van der Waals surface area contributed by atoms with Crippen LogP contribution in [-0.2, 0) is 10.9 Å². The Bertz CT molecular complexity index is 151. The van der Waals surface area contributed by atoms with Crippen molar-refractivity contribution in [2.75, 3.05) is 13.1 Å². The smallest absolute Gasteiger partial charge is 0.203 e. The molecule has 1 heterocycles. The van der Waals surface area contributed by atoms with Gasteiger partial charge >= 0.3 is 0 Å². The van der Waals surface area contributed by atoms with Crippen LogP contribution in [0.3, 0.4) is 0 Å². The summed E-state index contributed by atoms with van der Waals surface area (Å²) in [6.07, 6.45) is 4.42. The molecule has 0 bridgehead atoms. The minimum atomic E-state index is -2.30. The number of hydrogen-bond donors (Lipinski definition) is 1. The average Bonchev–Trinajstić information content (AvgIpc) is 2.12. The molecule has 1 fully saturated rings. The summed E-state index contributed by atoms with van der Waals surface area (Å²) in [5.41, 5.74) is 0. The fourth-order valence-corrected chi connectivity index (χ4v) is 1.83. The fraction of sp³-hybridized carbons (Fsp3) is 1.00. The number of nitrogens with zero attached hydrogens (tertiary/aromatic N) is 1. The molecule has 0 aliphatic carbocycles. The van der Waals surface area contributed by atoms with Gasteiger partial charge < -0.3 is 0 Å². The second-order valence-electron chi connectivity index (χ2n) is 2.61. The quantitative estimate of drug-likeness (QED) is 0.568. The summed E-state index contributed by atoms with van der Waals surface area (Å²) in [5, 5.41) is 0. The van der Waals surface area contributed by atoms with Crippen LogP contribution in [0.1, 0.15) is 25.7 Å². The van der Waals surface area contributed by atoms with E-state index in [0.717, 1.165) is 25.9 Å². The average molecular weight is 163 g/mol. The molecule has 0 unspecified atom stereocenters. The monoisotopic (exact) mass is 163 g/mol. The van der Waals surface area contributed by atoms with E-state index in [-0.39, 0.29) is 0 Å². The summed E-state index contributed by atoms with van der Waals surface area (Å²) >= 11 is 0. The Hall–Kier alpha value is -0.0900. The van der Waals surface area contributed by atoms with Gasteiger partial charge in [0.2, 0.25) is 10.9 Å². The lowest BCUT2D eigenvalue weighted by Gasteiger charge is -2.09. The minimum absolute atomic E-state index is 0.735. The predicted molar refractivity (Wildman–Crippen MR) is 40.4 cm³/mol. The van der Waals surface area contributed by atoms with Gasteiger partial charge in [0.1, 0.15) is 0 Å². The van der Waals surface area contributed by atoms with Crippen LogP contribution in [-0.4, -0.2) is 25.8 Å². The van der Waals surface area contributed by atoms with Crippen LogP contribution >= 0.6 is 0 Å². The molecular formula is C6H13NO2S. The van der Waals surface area contributed by atoms with Crippen molar-refractivity contribution in [2.45, 2.75) is 25.7 Å². The third kappa shape index (κ3) is 2.27. The van der Waals surface area contributed by atoms with Gasteiger partial charge in [-0.25, -0.2) is 12.7 Å². The summed E-state index contributed by atoms with van der Waals surface area (Å²) in [6.45, 7) is 1.47. The SMILES string of the molecule is O=[SH](=O)N1CCCCCC1. The Balaban J connectivity index is 2.43. The number of rotatable bonds is 1. The maximum absolute atomic E-state index is 10.5. The van der Waals surface area contributed by atoms with Crippen LogP contribution in [0, 0.1) is 0 Å². The summed E-state index contributed by atoms with van der Waals surface area (Å²) in [4.78, 5) is 0. The highest BCUT2D eigenvalue weighted by Crippen LogP contribution is 2.08. The Morgan fingerprint density at radius 1 is 0.900 bits per heavy atom. The van der Waals surface area contributed by atoms with Gasteiger partial charge in [0, 0.05) is 13.1 Å². The highest BCUT2D eigenvalue weighted by atomic mass is 32.2. The van der Waals surface area contributed by atoms with E-state index in [4.69, 9.17) is 0 Å². The zero-order valence-corrected chi connectivity index (χ0v) is 6.85. The normalized spacial score (nSPS) is 22.9. The maximum Gasteiger partial charge on any atom is 0.203 e. The zero-order valence-electron chi connectivity index (χ0n) is 5.95. The molecule has 60 valence electrons. The Morgan fingerprint density at radius 2 is 1.40 bits per heavy atom. The Kier molecular flexibility index (Phi) is 3.15. The first-order valence-corrected chi connectivity index (χ1v) is 4.83. The standard InChI is InChI=1S/C6H13NO2S/c8-10(9)7-5-3-1-2-4-6-7/h10H,1-6H2. The zero-order chi connectivity index (χ0) is 7.40. The van der Waals surface area contributed by atoms with Gasteiger partial charge in [-0.3, -0.25) is 0 Å². The molecule has 1 aliphatic heterocycles. The van der Waals surface area contributed by atoms with Crippen LogP contribution in [0.5, 0.6) is 0 Å². The third-order valence-electron chi connectivity index (χ3n) is 1.81. The van der Waals surface area contributed by atoms with E-state index in [1.807, 2.05) is 0 Å². The highest BCUT2D eigenvalue weighted by Gasteiger charge is 2.09. The molecule has 0 radical (unpaired) electrons. The summed E-state index contributed by atoms with van der Waals surface area (Å²) in [7, 11) is -2.30. The van der Waals surface area contributed by atoms with Crippen LogP contribution in [0.2, 0.25) is 0 Å². The molecule has 10 heavy (non-hydrogen) atoms. The van der Waals surface area contributed by atoms with Gasteiger partial charge in [-0.1, -0.05) is 12.8 Å². The first-order chi connectivity index (χ1) is 4.80. The molecule has 0 atom stereocenters. The summed E-state index contributed by atoms with van der Waals surface area (Å²) < 4.78 is 22.5. The third-order valence-corrected chi connectivity index (χ3v) is 2.68. The first-order valence-electron chi connectivity index (χ1n) is 3.70. The molecule has 1 aliphatic rings. The van der Waals surface area contributed by atoms with Gasteiger partial charge in [-0.15, -0.1) is 0 Å². The van der Waals surface area contributed by atoms with Crippen molar-refractivity contribution >= 4 is 10.9 Å². The van der Waals surface area contributed by atoms with E-state index < -0.39 is 10.9 Å². The molecule has 0 amide bonds. The van der Waals surface area contributed by atoms with Crippen LogP contribution in [0.4, 0.5) is 0 Å². The predicted octanol–water partition coefficient (Wildman–Crippen LogP) is 0.389. The van der Waals surface area contributed by atoms with Crippen molar-refractivity contribution in [1.29, 1.82) is 0 Å². The number of hydrogen-bond acceptors (Lipinski definition) is 2. The van der Waals surface area contributed by atoms with E-state index in [1.54, 1.807) is 4.31 Å². The lowest BCUT2D eigenvalue weighted by atomic mass is 10.2. The van der Waals surface area contributed by atoms with Crippen molar-refractivity contribution < 1.29 is 8.42 Å². The van der Waals surface area contributed by atoms with E-state index in [9.17, 15) is 8.42 Å².